The van der Waals surface area contributed by atoms with Crippen molar-refractivity contribution in [1.29, 1.82) is 0 Å². The molecule has 0 aliphatic carbocycles. The molecule has 0 bridgehead atoms. The standard InChI is InChI=1S/C15H13NOS/c1-2-12-10-11-8-9-18-14(11)15(17)16(12)13-6-4-3-5-7-13/h3-10H,2H2,1H3. The van der Waals surface area contributed by atoms with Gasteiger partial charge in [0.2, 0.25) is 0 Å². The summed E-state index contributed by atoms with van der Waals surface area (Å²) in [5.74, 6) is 0. The van der Waals surface area contributed by atoms with E-state index in [0.29, 0.717) is 0 Å². The molecule has 0 fully saturated rings. The fourth-order valence-corrected chi connectivity index (χ4v) is 3.01. The fraction of sp³-hybridized carbons (Fsp3) is 0.133. The molecule has 0 saturated carbocycles. The van der Waals surface area contributed by atoms with Crippen molar-refractivity contribution in [3.05, 3.63) is 63.9 Å². The van der Waals surface area contributed by atoms with Crippen LogP contribution in [-0.4, -0.2) is 4.57 Å². The Bertz CT molecular complexity index is 740. The molecule has 3 heteroatoms. The van der Waals surface area contributed by atoms with Crippen LogP contribution in [-0.2, 0) is 6.42 Å². The Kier molecular flexibility index (Phi) is 2.76. The molecule has 0 aliphatic rings. The molecule has 3 aromatic rings. The SMILES string of the molecule is CCc1cc2ccsc2c(=O)n1-c1ccccc1. The smallest absolute Gasteiger partial charge is 0.273 e. The second-order valence-corrected chi connectivity index (χ2v) is 5.09. The summed E-state index contributed by atoms with van der Waals surface area (Å²) in [7, 11) is 0. The van der Waals surface area contributed by atoms with E-state index >= 15 is 0 Å². The molecule has 0 N–H and O–H groups in total. The van der Waals surface area contributed by atoms with Gasteiger partial charge in [-0.15, -0.1) is 11.3 Å². The van der Waals surface area contributed by atoms with Gasteiger partial charge in [-0.1, -0.05) is 25.1 Å². The van der Waals surface area contributed by atoms with Crippen molar-refractivity contribution < 1.29 is 0 Å². The van der Waals surface area contributed by atoms with Gasteiger partial charge >= 0.3 is 0 Å². The maximum absolute atomic E-state index is 12.5. The van der Waals surface area contributed by atoms with Crippen LogP contribution >= 0.6 is 11.3 Å². The first kappa shape index (κ1) is 11.2. The Morgan fingerprint density at radius 1 is 1.17 bits per heavy atom. The van der Waals surface area contributed by atoms with E-state index in [1.807, 2.05) is 46.3 Å². The van der Waals surface area contributed by atoms with Gasteiger partial charge < -0.3 is 0 Å². The summed E-state index contributed by atoms with van der Waals surface area (Å²) in [6.07, 6.45) is 0.843. The molecule has 0 atom stereocenters. The fourth-order valence-electron chi connectivity index (χ4n) is 2.20. The van der Waals surface area contributed by atoms with Crippen molar-refractivity contribution in [3.63, 3.8) is 0 Å². The molecule has 1 aromatic carbocycles. The first-order chi connectivity index (χ1) is 8.81. The van der Waals surface area contributed by atoms with E-state index < -0.39 is 0 Å². The van der Waals surface area contributed by atoms with Crippen LogP contribution in [0, 0.1) is 0 Å². The zero-order valence-corrected chi connectivity index (χ0v) is 10.9. The molecular formula is C15H13NOS. The maximum atomic E-state index is 12.5. The summed E-state index contributed by atoms with van der Waals surface area (Å²) < 4.78 is 2.65. The van der Waals surface area contributed by atoms with E-state index in [-0.39, 0.29) is 5.56 Å². The number of hydrogen-bond donors (Lipinski definition) is 0. The van der Waals surface area contributed by atoms with Gasteiger partial charge in [-0.25, -0.2) is 0 Å². The van der Waals surface area contributed by atoms with Gasteiger partial charge in [-0.3, -0.25) is 9.36 Å². The van der Waals surface area contributed by atoms with Crippen LogP contribution < -0.4 is 5.56 Å². The lowest BCUT2D eigenvalue weighted by Gasteiger charge is -2.11. The van der Waals surface area contributed by atoms with Gasteiger partial charge in [0.05, 0.1) is 0 Å². The molecule has 2 aromatic heterocycles. The highest BCUT2D eigenvalue weighted by Gasteiger charge is 2.10. The number of nitrogens with zero attached hydrogens (tertiary/aromatic N) is 1. The molecule has 0 radical (unpaired) electrons. The Labute approximate surface area is 109 Å². The number of thiophene rings is 1. The van der Waals surface area contributed by atoms with Crippen molar-refractivity contribution in [2.75, 3.05) is 0 Å². The monoisotopic (exact) mass is 255 g/mol. The van der Waals surface area contributed by atoms with Gasteiger partial charge in [0.1, 0.15) is 4.70 Å². The van der Waals surface area contributed by atoms with Crippen molar-refractivity contribution in [3.8, 4) is 5.69 Å². The van der Waals surface area contributed by atoms with Crippen LogP contribution in [0.15, 0.2) is 52.6 Å². The molecule has 3 rings (SSSR count). The Morgan fingerprint density at radius 3 is 2.67 bits per heavy atom. The molecule has 0 saturated heterocycles. The number of benzene rings is 1. The number of aromatic nitrogens is 1. The van der Waals surface area contributed by atoms with Gasteiger partial charge in [0.15, 0.2) is 0 Å². The van der Waals surface area contributed by atoms with Crippen LogP contribution in [0.3, 0.4) is 0 Å². The number of aryl methyl sites for hydroxylation is 1. The van der Waals surface area contributed by atoms with E-state index in [2.05, 4.69) is 13.0 Å². The molecule has 18 heavy (non-hydrogen) atoms. The Hall–Kier alpha value is -1.87. The van der Waals surface area contributed by atoms with Gasteiger partial charge in [-0.05, 0) is 41.5 Å². The van der Waals surface area contributed by atoms with Crippen LogP contribution in [0.2, 0.25) is 0 Å². The van der Waals surface area contributed by atoms with Crippen LogP contribution in [0.5, 0.6) is 0 Å². The van der Waals surface area contributed by atoms with E-state index in [4.69, 9.17) is 0 Å². The van der Waals surface area contributed by atoms with Gasteiger partial charge in [-0.2, -0.15) is 0 Å². The topological polar surface area (TPSA) is 22.0 Å². The lowest BCUT2D eigenvalue weighted by Crippen LogP contribution is -2.20. The van der Waals surface area contributed by atoms with Crippen LogP contribution in [0.4, 0.5) is 0 Å². The molecule has 0 amide bonds. The number of rotatable bonds is 2. The first-order valence-corrected chi connectivity index (χ1v) is 6.87. The van der Waals surface area contributed by atoms with Crippen molar-refractivity contribution >= 4 is 21.4 Å². The predicted octanol–water partition coefficient (Wildman–Crippen LogP) is 3.61. The third-order valence-corrected chi connectivity index (χ3v) is 4.00. The zero-order chi connectivity index (χ0) is 12.5. The van der Waals surface area contributed by atoms with Crippen molar-refractivity contribution in [2.24, 2.45) is 0 Å². The minimum atomic E-state index is 0.0885. The van der Waals surface area contributed by atoms with E-state index in [9.17, 15) is 4.79 Å². The summed E-state index contributed by atoms with van der Waals surface area (Å²) in [6.45, 7) is 2.08. The number of hydrogen-bond acceptors (Lipinski definition) is 2. The second-order valence-electron chi connectivity index (χ2n) is 4.17. The highest BCUT2D eigenvalue weighted by molar-refractivity contribution is 7.17. The van der Waals surface area contributed by atoms with E-state index in [0.717, 1.165) is 27.9 Å². The average molecular weight is 255 g/mol. The highest BCUT2D eigenvalue weighted by atomic mass is 32.1. The molecule has 0 aliphatic heterocycles. The van der Waals surface area contributed by atoms with Crippen molar-refractivity contribution in [2.45, 2.75) is 13.3 Å². The molecule has 2 heterocycles. The summed E-state index contributed by atoms with van der Waals surface area (Å²) in [5.41, 5.74) is 2.08. The number of para-hydroxylation sites is 1. The van der Waals surface area contributed by atoms with Gasteiger partial charge in [0, 0.05) is 11.4 Å². The lowest BCUT2D eigenvalue weighted by atomic mass is 10.2. The predicted molar refractivity (Wildman–Crippen MR) is 76.8 cm³/mol. The summed E-state index contributed by atoms with van der Waals surface area (Å²) >= 11 is 1.51. The molecular weight excluding hydrogens is 242 g/mol. The van der Waals surface area contributed by atoms with Crippen LogP contribution in [0.1, 0.15) is 12.6 Å². The highest BCUT2D eigenvalue weighted by Crippen LogP contribution is 2.20. The minimum Gasteiger partial charge on any atom is -0.280 e. The summed E-state index contributed by atoms with van der Waals surface area (Å²) in [4.78, 5) is 12.5. The summed E-state index contributed by atoms with van der Waals surface area (Å²) in [6, 6.07) is 13.9. The maximum Gasteiger partial charge on any atom is 0.273 e. The Morgan fingerprint density at radius 2 is 1.94 bits per heavy atom. The second kappa shape index (κ2) is 4.42. The largest absolute Gasteiger partial charge is 0.280 e. The van der Waals surface area contributed by atoms with Crippen molar-refractivity contribution in [1.82, 2.24) is 4.57 Å². The third kappa shape index (κ3) is 1.68. The quantitative estimate of drug-likeness (QED) is 0.685. The minimum absolute atomic E-state index is 0.0885. The molecule has 90 valence electrons. The lowest BCUT2D eigenvalue weighted by molar-refractivity contribution is 0.891. The molecule has 0 unspecified atom stereocenters. The summed E-state index contributed by atoms with van der Waals surface area (Å²) in [5, 5.41) is 3.02. The average Bonchev–Trinajstić information content (AvgIpc) is 2.88. The Balaban J connectivity index is 2.40. The zero-order valence-electron chi connectivity index (χ0n) is 10.1. The molecule has 2 nitrogen and oxygen atoms in total. The normalized spacial score (nSPS) is 10.9. The van der Waals surface area contributed by atoms with Crippen LogP contribution in [0.25, 0.3) is 15.8 Å². The van der Waals surface area contributed by atoms with E-state index in [1.165, 1.54) is 11.3 Å². The first-order valence-electron chi connectivity index (χ1n) is 5.99. The van der Waals surface area contributed by atoms with E-state index in [1.54, 1.807) is 0 Å². The third-order valence-electron chi connectivity index (χ3n) is 3.08. The number of pyridine rings is 1. The number of fused-ring (bicyclic) bond motifs is 1. The van der Waals surface area contributed by atoms with Gasteiger partial charge in [0.25, 0.3) is 5.56 Å². The molecule has 0 spiro atoms.